The van der Waals surface area contributed by atoms with Crippen LogP contribution in [-0.4, -0.2) is 37.2 Å². The van der Waals surface area contributed by atoms with Crippen LogP contribution < -0.4 is 0 Å². The van der Waals surface area contributed by atoms with Gasteiger partial charge in [-0.25, -0.2) is 0 Å². The van der Waals surface area contributed by atoms with Crippen molar-refractivity contribution in [1.29, 1.82) is 0 Å². The fourth-order valence-corrected chi connectivity index (χ4v) is 10.8. The third kappa shape index (κ3) is 63.0. The second-order valence-corrected chi connectivity index (χ2v) is 23.8. The summed E-state index contributed by atoms with van der Waals surface area (Å²) in [5.41, 5.74) is 0. The zero-order chi connectivity index (χ0) is 55.0. The molecule has 0 fully saturated rings. The number of esters is 3. The SMILES string of the molecule is CCCCCC/C=C\CCCCCCCC(=O)OC(COC(=O)CCCCCCCCCCCC)COC(=O)CCCCCCCCCCCCCCCCCCCCCCCCCCCCCCCCCCCCC. The molecule has 0 N–H and O–H groups in total. The fourth-order valence-electron chi connectivity index (χ4n) is 10.8. The monoisotopic (exact) mass is 1070 g/mol. The second kappa shape index (κ2) is 65.7. The molecule has 0 rings (SSSR count). The lowest BCUT2D eigenvalue weighted by Gasteiger charge is -2.18. The van der Waals surface area contributed by atoms with Crippen molar-refractivity contribution in [2.75, 3.05) is 13.2 Å². The molecule has 0 saturated carbocycles. The van der Waals surface area contributed by atoms with Crippen molar-refractivity contribution < 1.29 is 28.6 Å². The van der Waals surface area contributed by atoms with Crippen LogP contribution in [0.2, 0.25) is 0 Å². The summed E-state index contributed by atoms with van der Waals surface area (Å²) in [6, 6.07) is 0. The van der Waals surface area contributed by atoms with E-state index in [4.69, 9.17) is 14.2 Å². The Hall–Kier alpha value is -1.85. The van der Waals surface area contributed by atoms with Crippen molar-refractivity contribution in [3.8, 4) is 0 Å². The maximum Gasteiger partial charge on any atom is 0.306 e. The Balaban J connectivity index is 3.93. The van der Waals surface area contributed by atoms with Gasteiger partial charge in [0.2, 0.25) is 0 Å². The van der Waals surface area contributed by atoms with Crippen molar-refractivity contribution in [3.05, 3.63) is 12.2 Å². The molecule has 0 aromatic carbocycles. The summed E-state index contributed by atoms with van der Waals surface area (Å²) in [6.07, 6.45) is 78.5. The first-order chi connectivity index (χ1) is 37.5. The van der Waals surface area contributed by atoms with E-state index in [2.05, 4.69) is 32.9 Å². The van der Waals surface area contributed by atoms with Gasteiger partial charge in [0.15, 0.2) is 6.10 Å². The van der Waals surface area contributed by atoms with Crippen molar-refractivity contribution in [2.24, 2.45) is 0 Å². The fraction of sp³-hybridized carbons (Fsp3) is 0.929. The van der Waals surface area contributed by atoms with Crippen LogP contribution in [0.1, 0.15) is 400 Å². The Morgan fingerprint density at radius 1 is 0.250 bits per heavy atom. The van der Waals surface area contributed by atoms with Gasteiger partial charge in [0.05, 0.1) is 0 Å². The van der Waals surface area contributed by atoms with Gasteiger partial charge in [-0.05, 0) is 44.9 Å². The molecular weight excluding hydrogens is 937 g/mol. The molecule has 6 nitrogen and oxygen atoms in total. The van der Waals surface area contributed by atoms with Crippen LogP contribution in [0.15, 0.2) is 12.2 Å². The molecule has 0 heterocycles. The van der Waals surface area contributed by atoms with Crippen molar-refractivity contribution >= 4 is 17.9 Å². The van der Waals surface area contributed by atoms with E-state index in [1.165, 1.54) is 295 Å². The van der Waals surface area contributed by atoms with E-state index in [-0.39, 0.29) is 31.1 Å². The van der Waals surface area contributed by atoms with Crippen LogP contribution >= 0.6 is 0 Å². The normalized spacial score (nSPS) is 12.0. The molecule has 0 aliphatic rings. The van der Waals surface area contributed by atoms with Gasteiger partial charge in [-0.2, -0.15) is 0 Å². The maximum atomic E-state index is 12.8. The number of ether oxygens (including phenoxy) is 3. The van der Waals surface area contributed by atoms with Gasteiger partial charge < -0.3 is 14.2 Å². The maximum absolute atomic E-state index is 12.8. The number of allylic oxidation sites excluding steroid dienone is 2. The zero-order valence-corrected chi connectivity index (χ0v) is 51.8. The molecule has 6 heteroatoms. The molecule has 0 aliphatic carbocycles. The Bertz CT molecular complexity index is 1180. The molecule has 0 radical (unpaired) electrons. The predicted molar refractivity (Wildman–Crippen MR) is 330 cm³/mol. The van der Waals surface area contributed by atoms with Crippen molar-refractivity contribution in [1.82, 2.24) is 0 Å². The highest BCUT2D eigenvalue weighted by molar-refractivity contribution is 5.71. The molecule has 76 heavy (non-hydrogen) atoms. The summed E-state index contributed by atoms with van der Waals surface area (Å²) in [7, 11) is 0. The number of carbonyl (C=O) groups excluding carboxylic acids is 3. The summed E-state index contributed by atoms with van der Waals surface area (Å²) in [4.78, 5) is 38.1. The first-order valence-electron chi connectivity index (χ1n) is 34.7. The summed E-state index contributed by atoms with van der Waals surface area (Å²) in [5.74, 6) is -0.852. The van der Waals surface area contributed by atoms with Gasteiger partial charge in [-0.1, -0.05) is 348 Å². The smallest absolute Gasteiger partial charge is 0.306 e. The van der Waals surface area contributed by atoms with E-state index in [0.717, 1.165) is 64.2 Å². The summed E-state index contributed by atoms with van der Waals surface area (Å²) < 4.78 is 16.9. The highest BCUT2D eigenvalue weighted by Crippen LogP contribution is 2.19. The largest absolute Gasteiger partial charge is 0.462 e. The molecule has 0 amide bonds. The van der Waals surface area contributed by atoms with Crippen LogP contribution in [0.4, 0.5) is 0 Å². The number of carbonyl (C=O) groups is 3. The molecule has 1 unspecified atom stereocenters. The lowest BCUT2D eigenvalue weighted by atomic mass is 10.0. The van der Waals surface area contributed by atoms with E-state index in [9.17, 15) is 14.4 Å². The van der Waals surface area contributed by atoms with Crippen molar-refractivity contribution in [3.63, 3.8) is 0 Å². The molecular formula is C70H134O6. The minimum absolute atomic E-state index is 0.0675. The van der Waals surface area contributed by atoms with Crippen LogP contribution in [0.5, 0.6) is 0 Å². The Morgan fingerprint density at radius 3 is 0.671 bits per heavy atom. The minimum atomic E-state index is -0.769. The molecule has 0 spiro atoms. The Kier molecular flexibility index (Phi) is 64.1. The molecule has 1 atom stereocenters. The predicted octanol–water partition coefficient (Wildman–Crippen LogP) is 23.6. The van der Waals surface area contributed by atoms with E-state index in [1.54, 1.807) is 0 Å². The minimum Gasteiger partial charge on any atom is -0.462 e. The van der Waals surface area contributed by atoms with Gasteiger partial charge in [-0.3, -0.25) is 14.4 Å². The summed E-state index contributed by atoms with van der Waals surface area (Å²) in [6.45, 7) is 6.67. The number of unbranched alkanes of at least 4 members (excludes halogenated alkanes) is 52. The van der Waals surface area contributed by atoms with E-state index in [0.29, 0.717) is 19.3 Å². The average molecular weight is 1070 g/mol. The Labute approximate surface area is 475 Å². The quantitative estimate of drug-likeness (QED) is 0.0261. The van der Waals surface area contributed by atoms with E-state index >= 15 is 0 Å². The Morgan fingerprint density at radius 2 is 0.434 bits per heavy atom. The first kappa shape index (κ1) is 74.2. The van der Waals surface area contributed by atoms with Crippen LogP contribution in [-0.2, 0) is 28.6 Å². The third-order valence-electron chi connectivity index (χ3n) is 16.0. The molecule has 450 valence electrons. The molecule has 0 aliphatic heterocycles. The number of rotatable bonds is 65. The zero-order valence-electron chi connectivity index (χ0n) is 51.8. The van der Waals surface area contributed by atoms with Crippen LogP contribution in [0.3, 0.4) is 0 Å². The van der Waals surface area contributed by atoms with Crippen molar-refractivity contribution in [2.45, 2.75) is 406 Å². The standard InChI is InChI=1S/C70H134O6/c1-4-7-10-13-16-19-22-24-25-26-27-28-29-30-31-32-33-34-35-36-37-38-39-40-41-42-43-44-45-47-48-51-54-57-60-63-69(72)75-66-67(65-74-68(71)62-59-56-53-50-21-18-15-12-9-6-3)76-70(73)64-61-58-55-52-49-46-23-20-17-14-11-8-5-2/h20,23,67H,4-19,21-22,24-66H2,1-3H3/b23-20-. The van der Waals surface area contributed by atoms with Crippen LogP contribution in [0.25, 0.3) is 0 Å². The topological polar surface area (TPSA) is 78.9 Å². The molecule has 0 saturated heterocycles. The number of hydrogen-bond acceptors (Lipinski definition) is 6. The molecule has 0 aromatic rings. The van der Waals surface area contributed by atoms with Gasteiger partial charge >= 0.3 is 17.9 Å². The van der Waals surface area contributed by atoms with E-state index < -0.39 is 6.10 Å². The lowest BCUT2D eigenvalue weighted by molar-refractivity contribution is -0.167. The highest BCUT2D eigenvalue weighted by atomic mass is 16.6. The van der Waals surface area contributed by atoms with Gasteiger partial charge in [-0.15, -0.1) is 0 Å². The summed E-state index contributed by atoms with van der Waals surface area (Å²) in [5, 5.41) is 0. The van der Waals surface area contributed by atoms with Crippen LogP contribution in [0, 0.1) is 0 Å². The molecule has 0 bridgehead atoms. The van der Waals surface area contributed by atoms with Gasteiger partial charge in [0.1, 0.15) is 13.2 Å². The third-order valence-corrected chi connectivity index (χ3v) is 16.0. The van der Waals surface area contributed by atoms with Gasteiger partial charge in [0, 0.05) is 19.3 Å². The summed E-state index contributed by atoms with van der Waals surface area (Å²) >= 11 is 0. The average Bonchev–Trinajstić information content (AvgIpc) is 3.42. The highest BCUT2D eigenvalue weighted by Gasteiger charge is 2.19. The number of hydrogen-bond donors (Lipinski definition) is 0. The van der Waals surface area contributed by atoms with Gasteiger partial charge in [0.25, 0.3) is 0 Å². The molecule has 0 aromatic heterocycles. The first-order valence-corrected chi connectivity index (χ1v) is 34.7. The lowest BCUT2D eigenvalue weighted by Crippen LogP contribution is -2.30. The second-order valence-electron chi connectivity index (χ2n) is 23.8. The van der Waals surface area contributed by atoms with E-state index in [1.807, 2.05) is 0 Å².